The van der Waals surface area contributed by atoms with Crippen LogP contribution in [0.5, 0.6) is 0 Å². The highest BCUT2D eigenvalue weighted by atomic mass is 16.5. The Hall–Kier alpha value is -0.630. The summed E-state index contributed by atoms with van der Waals surface area (Å²) in [4.78, 5) is 11.4. The third kappa shape index (κ3) is 2.96. The molecule has 0 aromatic rings. The number of ketones is 1. The van der Waals surface area contributed by atoms with Gasteiger partial charge in [-0.25, -0.2) is 0 Å². The van der Waals surface area contributed by atoms with Crippen LogP contribution in [0.4, 0.5) is 0 Å². The van der Waals surface area contributed by atoms with Crippen LogP contribution < -0.4 is 0 Å². The highest BCUT2D eigenvalue weighted by Gasteiger charge is 2.32. The molecule has 0 saturated carbocycles. The summed E-state index contributed by atoms with van der Waals surface area (Å²) in [5, 5.41) is 0. The molecular weight excluding hydrogens is 164 g/mol. The first kappa shape index (κ1) is 10.5. The van der Waals surface area contributed by atoms with Crippen LogP contribution >= 0.6 is 0 Å². The molecule has 2 heteroatoms. The standard InChI is InChI=1S/C11H18O2/c1-4-5-11-10(12)7-9(13-11)6-8(2)3/h4,8-9,11H,1,5-7H2,2-3H3. The summed E-state index contributed by atoms with van der Waals surface area (Å²) in [6.45, 7) is 7.91. The molecule has 1 fully saturated rings. The van der Waals surface area contributed by atoms with E-state index in [2.05, 4.69) is 20.4 Å². The average Bonchev–Trinajstić information content (AvgIpc) is 2.31. The first-order chi connectivity index (χ1) is 6.13. The average molecular weight is 182 g/mol. The summed E-state index contributed by atoms with van der Waals surface area (Å²) in [6.07, 6.45) is 3.93. The van der Waals surface area contributed by atoms with Gasteiger partial charge in [0, 0.05) is 6.42 Å². The Morgan fingerprint density at radius 3 is 2.92 bits per heavy atom. The van der Waals surface area contributed by atoms with Crippen molar-refractivity contribution in [2.45, 2.75) is 45.3 Å². The molecular formula is C11H18O2. The number of hydrogen-bond donors (Lipinski definition) is 0. The van der Waals surface area contributed by atoms with Crippen LogP contribution in [0, 0.1) is 5.92 Å². The second-order valence-corrected chi connectivity index (χ2v) is 4.07. The largest absolute Gasteiger partial charge is 0.366 e. The Kier molecular flexibility index (Phi) is 3.67. The van der Waals surface area contributed by atoms with E-state index >= 15 is 0 Å². The minimum Gasteiger partial charge on any atom is -0.366 e. The summed E-state index contributed by atoms with van der Waals surface area (Å²) in [5.74, 6) is 0.839. The van der Waals surface area contributed by atoms with Crippen molar-refractivity contribution in [3.63, 3.8) is 0 Å². The number of carbonyl (C=O) groups is 1. The SMILES string of the molecule is C=CCC1OC(CC(C)C)CC1=O. The lowest BCUT2D eigenvalue weighted by atomic mass is 10.0. The Balaban J connectivity index is 2.40. The van der Waals surface area contributed by atoms with Crippen molar-refractivity contribution in [2.24, 2.45) is 5.92 Å². The number of hydrogen-bond acceptors (Lipinski definition) is 2. The topological polar surface area (TPSA) is 26.3 Å². The molecule has 1 rings (SSSR count). The summed E-state index contributed by atoms with van der Waals surface area (Å²) in [6, 6.07) is 0. The highest BCUT2D eigenvalue weighted by Crippen LogP contribution is 2.23. The lowest BCUT2D eigenvalue weighted by Crippen LogP contribution is -2.15. The van der Waals surface area contributed by atoms with Crippen LogP contribution in [-0.4, -0.2) is 18.0 Å². The molecule has 0 amide bonds. The first-order valence-corrected chi connectivity index (χ1v) is 4.92. The quantitative estimate of drug-likeness (QED) is 0.624. The molecule has 0 aromatic heterocycles. The zero-order valence-corrected chi connectivity index (χ0v) is 8.45. The van der Waals surface area contributed by atoms with Crippen LogP contribution in [0.15, 0.2) is 12.7 Å². The fourth-order valence-electron chi connectivity index (χ4n) is 1.72. The van der Waals surface area contributed by atoms with E-state index < -0.39 is 0 Å². The molecule has 2 unspecified atom stereocenters. The molecule has 1 aliphatic heterocycles. The molecule has 74 valence electrons. The molecule has 2 atom stereocenters. The van der Waals surface area contributed by atoms with Crippen LogP contribution in [0.1, 0.15) is 33.1 Å². The van der Waals surface area contributed by atoms with Crippen molar-refractivity contribution < 1.29 is 9.53 Å². The molecule has 0 N–H and O–H groups in total. The van der Waals surface area contributed by atoms with E-state index in [0.29, 0.717) is 18.8 Å². The lowest BCUT2D eigenvalue weighted by molar-refractivity contribution is -0.122. The van der Waals surface area contributed by atoms with Gasteiger partial charge in [-0.3, -0.25) is 4.79 Å². The van der Waals surface area contributed by atoms with Crippen LogP contribution in [0.25, 0.3) is 0 Å². The van der Waals surface area contributed by atoms with Gasteiger partial charge in [-0.15, -0.1) is 6.58 Å². The second kappa shape index (κ2) is 4.56. The Morgan fingerprint density at radius 1 is 1.69 bits per heavy atom. The molecule has 13 heavy (non-hydrogen) atoms. The van der Waals surface area contributed by atoms with Gasteiger partial charge in [0.1, 0.15) is 6.10 Å². The zero-order valence-electron chi connectivity index (χ0n) is 8.45. The summed E-state index contributed by atoms with van der Waals surface area (Å²) >= 11 is 0. The van der Waals surface area contributed by atoms with Crippen LogP contribution in [0.3, 0.4) is 0 Å². The summed E-state index contributed by atoms with van der Waals surface area (Å²) in [7, 11) is 0. The van der Waals surface area contributed by atoms with Crippen LogP contribution in [0.2, 0.25) is 0 Å². The molecule has 0 aliphatic carbocycles. The Morgan fingerprint density at radius 2 is 2.38 bits per heavy atom. The van der Waals surface area contributed by atoms with Crippen molar-refractivity contribution >= 4 is 5.78 Å². The van der Waals surface area contributed by atoms with Crippen molar-refractivity contribution in [3.8, 4) is 0 Å². The molecule has 1 aliphatic rings. The maximum Gasteiger partial charge on any atom is 0.164 e. The summed E-state index contributed by atoms with van der Waals surface area (Å²) < 4.78 is 5.60. The van der Waals surface area contributed by atoms with Gasteiger partial charge in [0.2, 0.25) is 0 Å². The number of ether oxygens (including phenoxy) is 1. The molecule has 1 heterocycles. The highest BCUT2D eigenvalue weighted by molar-refractivity contribution is 5.85. The van der Waals surface area contributed by atoms with Gasteiger partial charge in [-0.05, 0) is 18.8 Å². The fourth-order valence-corrected chi connectivity index (χ4v) is 1.72. The number of carbonyl (C=O) groups excluding carboxylic acids is 1. The minimum absolute atomic E-state index is 0.150. The normalized spacial score (nSPS) is 28.4. The minimum atomic E-state index is -0.207. The zero-order chi connectivity index (χ0) is 9.84. The van der Waals surface area contributed by atoms with E-state index in [1.54, 1.807) is 6.08 Å². The van der Waals surface area contributed by atoms with E-state index in [0.717, 1.165) is 6.42 Å². The van der Waals surface area contributed by atoms with Crippen molar-refractivity contribution in [2.75, 3.05) is 0 Å². The summed E-state index contributed by atoms with van der Waals surface area (Å²) in [5.41, 5.74) is 0. The van der Waals surface area contributed by atoms with Crippen molar-refractivity contribution in [3.05, 3.63) is 12.7 Å². The predicted octanol–water partition coefficient (Wildman–Crippen LogP) is 2.34. The van der Waals surface area contributed by atoms with Crippen molar-refractivity contribution in [1.82, 2.24) is 0 Å². The monoisotopic (exact) mass is 182 g/mol. The van der Waals surface area contributed by atoms with Gasteiger partial charge >= 0.3 is 0 Å². The second-order valence-electron chi connectivity index (χ2n) is 4.07. The molecule has 0 spiro atoms. The van der Waals surface area contributed by atoms with Gasteiger partial charge in [0.25, 0.3) is 0 Å². The molecule has 0 bridgehead atoms. The third-order valence-electron chi connectivity index (χ3n) is 2.26. The lowest BCUT2D eigenvalue weighted by Gasteiger charge is -2.12. The maximum absolute atomic E-state index is 11.4. The van der Waals surface area contributed by atoms with Gasteiger partial charge in [-0.1, -0.05) is 19.9 Å². The number of Topliss-reactive ketones (excluding diaryl/α,β-unsaturated/α-hetero) is 1. The maximum atomic E-state index is 11.4. The van der Waals surface area contributed by atoms with E-state index in [4.69, 9.17) is 4.74 Å². The van der Waals surface area contributed by atoms with E-state index in [1.807, 2.05) is 0 Å². The molecule has 0 radical (unpaired) electrons. The first-order valence-electron chi connectivity index (χ1n) is 4.92. The molecule has 2 nitrogen and oxygen atoms in total. The smallest absolute Gasteiger partial charge is 0.164 e. The van der Waals surface area contributed by atoms with E-state index in [1.165, 1.54) is 0 Å². The molecule has 0 aromatic carbocycles. The van der Waals surface area contributed by atoms with Crippen LogP contribution in [-0.2, 0) is 9.53 Å². The Bertz CT molecular complexity index is 196. The third-order valence-corrected chi connectivity index (χ3v) is 2.26. The van der Waals surface area contributed by atoms with E-state index in [-0.39, 0.29) is 18.0 Å². The predicted molar refractivity (Wildman–Crippen MR) is 52.6 cm³/mol. The van der Waals surface area contributed by atoms with E-state index in [9.17, 15) is 4.79 Å². The Labute approximate surface area is 80.0 Å². The van der Waals surface area contributed by atoms with Gasteiger partial charge in [-0.2, -0.15) is 0 Å². The number of rotatable bonds is 4. The van der Waals surface area contributed by atoms with Gasteiger partial charge < -0.3 is 4.74 Å². The van der Waals surface area contributed by atoms with Crippen molar-refractivity contribution in [1.29, 1.82) is 0 Å². The fraction of sp³-hybridized carbons (Fsp3) is 0.727. The van der Waals surface area contributed by atoms with Gasteiger partial charge in [0.15, 0.2) is 5.78 Å². The molecule has 1 saturated heterocycles. The van der Waals surface area contributed by atoms with Gasteiger partial charge in [0.05, 0.1) is 6.10 Å².